The molecule has 1 amide bonds. The van der Waals surface area contributed by atoms with Crippen molar-refractivity contribution in [3.05, 3.63) is 69.3 Å². The number of carbonyl (C=O) groups is 1. The highest BCUT2D eigenvalue weighted by Crippen LogP contribution is 2.18. The number of amides is 1. The summed E-state index contributed by atoms with van der Waals surface area (Å²) in [6.07, 6.45) is 0.126. The number of nitro groups is 1. The van der Waals surface area contributed by atoms with Gasteiger partial charge in [0.05, 0.1) is 18.0 Å². The molecule has 6 nitrogen and oxygen atoms in total. The van der Waals surface area contributed by atoms with Crippen molar-refractivity contribution in [2.75, 3.05) is 5.32 Å². The molecule has 0 heterocycles. The summed E-state index contributed by atoms with van der Waals surface area (Å²) in [7, 11) is 0. The van der Waals surface area contributed by atoms with Crippen LogP contribution in [0.15, 0.2) is 42.5 Å². The minimum atomic E-state index is -0.479. The van der Waals surface area contributed by atoms with Crippen LogP contribution in [0.25, 0.3) is 0 Å². The van der Waals surface area contributed by atoms with E-state index in [4.69, 9.17) is 5.11 Å². The lowest BCUT2D eigenvalue weighted by Crippen LogP contribution is -2.15. The molecule has 2 rings (SSSR count). The van der Waals surface area contributed by atoms with Crippen LogP contribution in [0.5, 0.6) is 0 Å². The number of nitrogens with zero attached hydrogens (tertiary/aromatic N) is 1. The Morgan fingerprint density at radius 1 is 1.18 bits per heavy atom. The standard InChI is InChI=1S/C16H16N2O4/c1-11-2-3-13(10-19)8-15(11)17-16(20)9-12-4-6-14(7-5-12)18(21)22/h2-8,19H,9-10H2,1H3,(H,17,20). The molecular weight excluding hydrogens is 284 g/mol. The maximum absolute atomic E-state index is 12.0. The molecule has 0 fully saturated rings. The van der Waals surface area contributed by atoms with Gasteiger partial charge in [-0.3, -0.25) is 14.9 Å². The van der Waals surface area contributed by atoms with Crippen molar-refractivity contribution < 1.29 is 14.8 Å². The molecule has 114 valence electrons. The number of aliphatic hydroxyl groups is 1. The number of nitro benzene ring substituents is 1. The number of non-ortho nitro benzene ring substituents is 1. The maximum Gasteiger partial charge on any atom is 0.269 e. The van der Waals surface area contributed by atoms with Gasteiger partial charge >= 0.3 is 0 Å². The molecule has 2 aromatic carbocycles. The van der Waals surface area contributed by atoms with E-state index >= 15 is 0 Å². The van der Waals surface area contributed by atoms with E-state index in [0.717, 1.165) is 11.1 Å². The Kier molecular flexibility index (Phi) is 4.85. The summed E-state index contributed by atoms with van der Waals surface area (Å²) in [5, 5.41) is 22.5. The number of carbonyl (C=O) groups excluding carboxylic acids is 1. The van der Waals surface area contributed by atoms with E-state index in [1.165, 1.54) is 12.1 Å². The van der Waals surface area contributed by atoms with Gasteiger partial charge in [0, 0.05) is 17.8 Å². The topological polar surface area (TPSA) is 92.5 Å². The predicted molar refractivity (Wildman–Crippen MR) is 82.5 cm³/mol. The van der Waals surface area contributed by atoms with Crippen molar-refractivity contribution in [1.82, 2.24) is 0 Å². The second-order valence-electron chi connectivity index (χ2n) is 4.96. The zero-order valence-electron chi connectivity index (χ0n) is 12.1. The normalized spacial score (nSPS) is 10.3. The largest absolute Gasteiger partial charge is 0.392 e. The summed E-state index contributed by atoms with van der Waals surface area (Å²) in [5.74, 6) is -0.216. The third kappa shape index (κ3) is 3.89. The van der Waals surface area contributed by atoms with Gasteiger partial charge in [0.25, 0.3) is 5.69 Å². The van der Waals surface area contributed by atoms with E-state index < -0.39 is 4.92 Å². The van der Waals surface area contributed by atoms with Crippen molar-refractivity contribution in [1.29, 1.82) is 0 Å². The third-order valence-electron chi connectivity index (χ3n) is 3.27. The highest BCUT2D eigenvalue weighted by atomic mass is 16.6. The molecule has 0 aliphatic heterocycles. The Hall–Kier alpha value is -2.73. The number of aryl methyl sites for hydroxylation is 1. The van der Waals surface area contributed by atoms with Crippen molar-refractivity contribution >= 4 is 17.3 Å². The lowest BCUT2D eigenvalue weighted by molar-refractivity contribution is -0.384. The van der Waals surface area contributed by atoms with Gasteiger partial charge in [-0.15, -0.1) is 0 Å². The first-order chi connectivity index (χ1) is 10.5. The van der Waals surface area contributed by atoms with Crippen LogP contribution in [0, 0.1) is 17.0 Å². The Morgan fingerprint density at radius 3 is 2.41 bits per heavy atom. The van der Waals surface area contributed by atoms with Gasteiger partial charge in [-0.05, 0) is 29.7 Å². The minimum absolute atomic E-state index is 0.00403. The zero-order valence-corrected chi connectivity index (χ0v) is 12.1. The van der Waals surface area contributed by atoms with Crippen LogP contribution >= 0.6 is 0 Å². The Morgan fingerprint density at radius 2 is 1.82 bits per heavy atom. The lowest BCUT2D eigenvalue weighted by Gasteiger charge is -2.10. The van der Waals surface area contributed by atoms with Gasteiger partial charge in [0.2, 0.25) is 5.91 Å². The number of benzene rings is 2. The Labute approximate surface area is 127 Å². The molecule has 0 radical (unpaired) electrons. The first-order valence-electron chi connectivity index (χ1n) is 6.73. The molecule has 0 saturated heterocycles. The first-order valence-corrected chi connectivity index (χ1v) is 6.73. The van der Waals surface area contributed by atoms with E-state index in [1.807, 2.05) is 13.0 Å². The van der Waals surface area contributed by atoms with Gasteiger partial charge < -0.3 is 10.4 Å². The van der Waals surface area contributed by atoms with Crippen LogP contribution in [0.3, 0.4) is 0 Å². The average Bonchev–Trinajstić information content (AvgIpc) is 2.50. The van der Waals surface area contributed by atoms with E-state index in [9.17, 15) is 14.9 Å². The molecule has 2 N–H and O–H groups in total. The molecule has 0 aromatic heterocycles. The van der Waals surface area contributed by atoms with E-state index in [0.29, 0.717) is 11.3 Å². The number of aliphatic hydroxyl groups excluding tert-OH is 1. The Balaban J connectivity index is 2.05. The molecule has 2 aromatic rings. The number of hydrogen-bond donors (Lipinski definition) is 2. The zero-order chi connectivity index (χ0) is 16.1. The fourth-order valence-electron chi connectivity index (χ4n) is 2.02. The molecule has 0 saturated carbocycles. The number of anilines is 1. The van der Waals surface area contributed by atoms with Gasteiger partial charge in [-0.2, -0.15) is 0 Å². The van der Waals surface area contributed by atoms with Crippen molar-refractivity contribution in [3.8, 4) is 0 Å². The lowest BCUT2D eigenvalue weighted by atomic mass is 10.1. The van der Waals surface area contributed by atoms with Crippen LogP contribution in [0.1, 0.15) is 16.7 Å². The van der Waals surface area contributed by atoms with Gasteiger partial charge in [-0.1, -0.05) is 24.3 Å². The minimum Gasteiger partial charge on any atom is -0.392 e. The highest BCUT2D eigenvalue weighted by Gasteiger charge is 2.09. The summed E-state index contributed by atoms with van der Waals surface area (Å²) < 4.78 is 0. The fraction of sp³-hybridized carbons (Fsp3) is 0.188. The summed E-state index contributed by atoms with van der Waals surface area (Å²) in [4.78, 5) is 22.1. The average molecular weight is 300 g/mol. The molecule has 0 atom stereocenters. The molecule has 0 aliphatic rings. The Bertz CT molecular complexity index is 696. The van der Waals surface area contributed by atoms with Crippen molar-refractivity contribution in [2.45, 2.75) is 20.0 Å². The number of rotatable bonds is 5. The second-order valence-corrected chi connectivity index (χ2v) is 4.96. The molecule has 0 bridgehead atoms. The number of hydrogen-bond acceptors (Lipinski definition) is 4. The molecule has 0 aliphatic carbocycles. The molecule has 0 unspecified atom stereocenters. The number of nitrogens with one attached hydrogen (secondary N) is 1. The summed E-state index contributed by atoms with van der Waals surface area (Å²) in [5.41, 5.74) is 2.96. The van der Waals surface area contributed by atoms with Crippen LogP contribution in [0.2, 0.25) is 0 Å². The molecule has 6 heteroatoms. The molecule has 0 spiro atoms. The van der Waals surface area contributed by atoms with Crippen LogP contribution in [0.4, 0.5) is 11.4 Å². The molecular formula is C16H16N2O4. The first kappa shape index (κ1) is 15.7. The van der Waals surface area contributed by atoms with Crippen LogP contribution < -0.4 is 5.32 Å². The smallest absolute Gasteiger partial charge is 0.269 e. The summed E-state index contributed by atoms with van der Waals surface area (Å²) >= 11 is 0. The quantitative estimate of drug-likeness (QED) is 0.655. The maximum atomic E-state index is 12.0. The van der Waals surface area contributed by atoms with Gasteiger partial charge in [0.1, 0.15) is 0 Å². The SMILES string of the molecule is Cc1ccc(CO)cc1NC(=O)Cc1ccc([N+](=O)[O-])cc1. The summed E-state index contributed by atoms with van der Waals surface area (Å²) in [6, 6.07) is 11.2. The van der Waals surface area contributed by atoms with E-state index in [-0.39, 0.29) is 24.6 Å². The van der Waals surface area contributed by atoms with Crippen molar-refractivity contribution in [2.24, 2.45) is 0 Å². The highest BCUT2D eigenvalue weighted by molar-refractivity contribution is 5.93. The van der Waals surface area contributed by atoms with Crippen LogP contribution in [-0.4, -0.2) is 15.9 Å². The van der Waals surface area contributed by atoms with Gasteiger partial charge in [-0.25, -0.2) is 0 Å². The van der Waals surface area contributed by atoms with Gasteiger partial charge in [0.15, 0.2) is 0 Å². The van der Waals surface area contributed by atoms with Crippen LogP contribution in [-0.2, 0) is 17.8 Å². The second kappa shape index (κ2) is 6.82. The summed E-state index contributed by atoms with van der Waals surface area (Å²) in [6.45, 7) is 1.77. The molecule has 22 heavy (non-hydrogen) atoms. The van der Waals surface area contributed by atoms with E-state index in [1.54, 1.807) is 24.3 Å². The van der Waals surface area contributed by atoms with Crippen molar-refractivity contribution in [3.63, 3.8) is 0 Å². The third-order valence-corrected chi connectivity index (χ3v) is 3.27. The predicted octanol–water partition coefficient (Wildman–Crippen LogP) is 2.58. The monoisotopic (exact) mass is 300 g/mol. The fourth-order valence-corrected chi connectivity index (χ4v) is 2.02. The van der Waals surface area contributed by atoms with E-state index in [2.05, 4.69) is 5.32 Å².